The maximum absolute atomic E-state index is 13.1. The van der Waals surface area contributed by atoms with Crippen LogP contribution in [0, 0.1) is 0 Å². The van der Waals surface area contributed by atoms with Crippen molar-refractivity contribution in [2.45, 2.75) is 25.0 Å². The fourth-order valence-corrected chi connectivity index (χ4v) is 5.47. The van der Waals surface area contributed by atoms with Gasteiger partial charge in [0.25, 0.3) is 0 Å². The number of carbonyl (C=O) groups excluding carboxylic acids is 1. The molecule has 3 nitrogen and oxygen atoms in total. The van der Waals surface area contributed by atoms with Crippen molar-refractivity contribution in [1.82, 2.24) is 0 Å². The molecule has 0 N–H and O–H groups in total. The highest BCUT2D eigenvalue weighted by Gasteiger charge is 2.57. The lowest BCUT2D eigenvalue weighted by Crippen LogP contribution is -2.58. The number of likely N-dealkylation sites (N-methyl/N-ethyl adjacent to an activating group) is 1. The highest BCUT2D eigenvalue weighted by molar-refractivity contribution is 6.09. The lowest BCUT2D eigenvalue weighted by Gasteiger charge is -2.46. The average molecular weight is 432 g/mol. The van der Waals surface area contributed by atoms with E-state index in [4.69, 9.17) is 4.74 Å². The molecule has 162 valence electrons. The Labute approximate surface area is 193 Å². The molecule has 0 aliphatic carbocycles. The van der Waals surface area contributed by atoms with Crippen molar-refractivity contribution in [2.75, 3.05) is 11.9 Å². The lowest BCUT2D eigenvalue weighted by molar-refractivity contribution is 0.0583. The molecular formula is C30H25NO2. The number of hydrogen-bond acceptors (Lipinski definition) is 3. The number of hydrogen-bond donors (Lipinski definition) is 0. The summed E-state index contributed by atoms with van der Waals surface area (Å²) >= 11 is 0. The maximum atomic E-state index is 13.1. The summed E-state index contributed by atoms with van der Waals surface area (Å²) in [7, 11) is 2.07. The van der Waals surface area contributed by atoms with Crippen molar-refractivity contribution in [3.05, 3.63) is 113 Å². The Morgan fingerprint density at radius 3 is 2.42 bits per heavy atom. The van der Waals surface area contributed by atoms with Gasteiger partial charge in [-0.2, -0.15) is 0 Å². The molecule has 2 aliphatic heterocycles. The third-order valence-corrected chi connectivity index (χ3v) is 7.40. The summed E-state index contributed by atoms with van der Waals surface area (Å²) in [4.78, 5) is 15.3. The zero-order valence-electron chi connectivity index (χ0n) is 19.0. The van der Waals surface area contributed by atoms with E-state index in [1.165, 1.54) is 10.8 Å². The summed E-state index contributed by atoms with van der Waals surface area (Å²) in [6.45, 7) is 4.39. The average Bonchev–Trinajstić information content (AvgIpc) is 3.01. The number of anilines is 1. The van der Waals surface area contributed by atoms with Crippen molar-refractivity contribution in [1.29, 1.82) is 0 Å². The van der Waals surface area contributed by atoms with Gasteiger partial charge in [0, 0.05) is 29.4 Å². The molecule has 0 saturated carbocycles. The number of carbonyl (C=O) groups is 1. The maximum Gasteiger partial charge on any atom is 0.211 e. The predicted octanol–water partition coefficient (Wildman–Crippen LogP) is 6.60. The first-order valence-corrected chi connectivity index (χ1v) is 11.3. The zero-order valence-corrected chi connectivity index (χ0v) is 19.0. The van der Waals surface area contributed by atoms with Crippen LogP contribution < -0.4 is 9.64 Å². The van der Waals surface area contributed by atoms with Crippen molar-refractivity contribution in [3.63, 3.8) is 0 Å². The second kappa shape index (κ2) is 6.82. The highest BCUT2D eigenvalue weighted by atomic mass is 16.5. The molecule has 0 aromatic heterocycles. The Morgan fingerprint density at radius 2 is 1.61 bits per heavy atom. The molecule has 0 bridgehead atoms. The van der Waals surface area contributed by atoms with Gasteiger partial charge in [-0.25, -0.2) is 0 Å². The van der Waals surface area contributed by atoms with E-state index in [2.05, 4.69) is 80.4 Å². The van der Waals surface area contributed by atoms with Crippen LogP contribution in [0.2, 0.25) is 0 Å². The van der Waals surface area contributed by atoms with Crippen LogP contribution in [-0.4, -0.2) is 18.6 Å². The molecular weight excluding hydrogens is 406 g/mol. The third-order valence-electron chi connectivity index (χ3n) is 7.40. The fourth-order valence-electron chi connectivity index (χ4n) is 5.47. The molecule has 4 aromatic carbocycles. The second-order valence-corrected chi connectivity index (χ2v) is 9.44. The van der Waals surface area contributed by atoms with Crippen LogP contribution >= 0.6 is 0 Å². The Kier molecular flexibility index (Phi) is 4.09. The van der Waals surface area contributed by atoms with Gasteiger partial charge in [0.1, 0.15) is 5.75 Å². The minimum Gasteiger partial charge on any atom is -0.463 e. The van der Waals surface area contributed by atoms with Gasteiger partial charge in [-0.3, -0.25) is 4.79 Å². The highest BCUT2D eigenvalue weighted by Crippen LogP contribution is 2.55. The molecule has 1 spiro atoms. The molecule has 4 aromatic rings. The summed E-state index contributed by atoms with van der Waals surface area (Å²) in [5.74, 6) is 0.916. The quantitative estimate of drug-likeness (QED) is 0.335. The number of benzene rings is 4. The van der Waals surface area contributed by atoms with Crippen molar-refractivity contribution >= 4 is 28.3 Å². The van der Waals surface area contributed by atoms with Gasteiger partial charge >= 0.3 is 0 Å². The first-order chi connectivity index (χ1) is 15.9. The van der Waals surface area contributed by atoms with Gasteiger partial charge in [-0.1, -0.05) is 60.7 Å². The van der Waals surface area contributed by atoms with Crippen LogP contribution in [0.15, 0.2) is 91.0 Å². The standard InChI is InChI=1S/C30H25NO2/c1-29(2)25-19-22(28(32)21-10-5-4-6-11-21)13-15-26(25)31(3)30(29)18-17-24-23-12-8-7-9-20(23)14-16-27(24)33-30/h4-19H,1-3H3. The van der Waals surface area contributed by atoms with Gasteiger partial charge in [0.15, 0.2) is 5.78 Å². The van der Waals surface area contributed by atoms with Crippen LogP contribution in [0.1, 0.15) is 40.9 Å². The van der Waals surface area contributed by atoms with Crippen molar-refractivity contribution in [2.24, 2.45) is 0 Å². The van der Waals surface area contributed by atoms with Gasteiger partial charge in [-0.15, -0.1) is 0 Å². The molecule has 1 atom stereocenters. The number of rotatable bonds is 2. The number of ketones is 1. The normalized spacial score (nSPS) is 19.9. The lowest BCUT2D eigenvalue weighted by atomic mass is 9.75. The van der Waals surface area contributed by atoms with E-state index >= 15 is 0 Å². The van der Waals surface area contributed by atoms with Gasteiger partial charge < -0.3 is 9.64 Å². The van der Waals surface area contributed by atoms with Crippen LogP contribution in [-0.2, 0) is 5.41 Å². The molecule has 3 heteroatoms. The first-order valence-electron chi connectivity index (χ1n) is 11.3. The molecule has 2 aliphatic rings. The number of nitrogens with zero attached hydrogens (tertiary/aromatic N) is 1. The Hall–Kier alpha value is -3.85. The molecule has 0 saturated heterocycles. The van der Waals surface area contributed by atoms with E-state index in [-0.39, 0.29) is 11.2 Å². The number of ether oxygens (including phenoxy) is 1. The molecule has 1 unspecified atom stereocenters. The summed E-state index contributed by atoms with van der Waals surface area (Å²) < 4.78 is 6.84. The van der Waals surface area contributed by atoms with E-state index in [0.29, 0.717) is 11.1 Å². The Bertz CT molecular complexity index is 1450. The second-order valence-electron chi connectivity index (χ2n) is 9.44. The summed E-state index contributed by atoms with van der Waals surface area (Å²) in [5, 5.41) is 2.39. The Balaban J connectivity index is 1.45. The molecule has 2 heterocycles. The molecule has 0 radical (unpaired) electrons. The van der Waals surface area contributed by atoms with Crippen LogP contribution in [0.5, 0.6) is 5.75 Å². The van der Waals surface area contributed by atoms with Crippen molar-refractivity contribution < 1.29 is 9.53 Å². The zero-order chi connectivity index (χ0) is 22.8. The monoisotopic (exact) mass is 431 g/mol. The SMILES string of the molecule is CN1c2ccc(C(=O)c3ccccc3)cc2C(C)(C)C12C=Cc1c(ccc3ccccc13)O2. The summed E-state index contributed by atoms with van der Waals surface area (Å²) in [5.41, 5.74) is 3.64. The summed E-state index contributed by atoms with van der Waals surface area (Å²) in [6, 6.07) is 28.0. The minimum atomic E-state index is -0.681. The van der Waals surface area contributed by atoms with Crippen LogP contribution in [0.25, 0.3) is 16.8 Å². The van der Waals surface area contributed by atoms with E-state index in [1.54, 1.807) is 0 Å². The Morgan fingerprint density at radius 1 is 0.848 bits per heavy atom. The smallest absolute Gasteiger partial charge is 0.211 e. The molecule has 6 rings (SSSR count). The largest absolute Gasteiger partial charge is 0.463 e. The van der Waals surface area contributed by atoms with E-state index in [9.17, 15) is 4.79 Å². The molecule has 33 heavy (non-hydrogen) atoms. The van der Waals surface area contributed by atoms with Crippen molar-refractivity contribution in [3.8, 4) is 5.75 Å². The molecule has 0 fully saturated rings. The van der Waals surface area contributed by atoms with Gasteiger partial charge in [-0.05, 0) is 66.6 Å². The first kappa shape index (κ1) is 19.8. The van der Waals surface area contributed by atoms with E-state index in [0.717, 1.165) is 22.6 Å². The van der Waals surface area contributed by atoms with Crippen LogP contribution in [0.3, 0.4) is 0 Å². The van der Waals surface area contributed by atoms with Gasteiger partial charge in [0.05, 0.1) is 5.41 Å². The number of fused-ring (bicyclic) bond motifs is 4. The van der Waals surface area contributed by atoms with E-state index in [1.807, 2.05) is 42.5 Å². The van der Waals surface area contributed by atoms with E-state index < -0.39 is 5.72 Å². The third kappa shape index (κ3) is 2.65. The minimum absolute atomic E-state index is 0.0368. The molecule has 0 amide bonds. The fraction of sp³-hybridized carbons (Fsp3) is 0.167. The van der Waals surface area contributed by atoms with Crippen LogP contribution in [0.4, 0.5) is 5.69 Å². The summed E-state index contributed by atoms with van der Waals surface area (Å²) in [6.07, 6.45) is 4.38. The topological polar surface area (TPSA) is 29.5 Å². The van der Waals surface area contributed by atoms with Gasteiger partial charge in [0.2, 0.25) is 5.72 Å². The predicted molar refractivity (Wildman–Crippen MR) is 134 cm³/mol.